The van der Waals surface area contributed by atoms with Crippen molar-refractivity contribution in [2.75, 3.05) is 13.2 Å². The molecule has 0 spiro atoms. The van der Waals surface area contributed by atoms with E-state index in [0.717, 1.165) is 6.54 Å². The van der Waals surface area contributed by atoms with Gasteiger partial charge in [-0.15, -0.1) is 0 Å². The summed E-state index contributed by atoms with van der Waals surface area (Å²) in [7, 11) is 0. The minimum absolute atomic E-state index is 0.225. The van der Waals surface area contributed by atoms with Crippen molar-refractivity contribution < 1.29 is 5.11 Å². The van der Waals surface area contributed by atoms with E-state index in [2.05, 4.69) is 36.5 Å². The van der Waals surface area contributed by atoms with Crippen molar-refractivity contribution in [2.24, 2.45) is 0 Å². The van der Waals surface area contributed by atoms with Crippen molar-refractivity contribution in [1.29, 1.82) is 0 Å². The minimum atomic E-state index is 0.225. The molecule has 2 rings (SSSR count). The minimum Gasteiger partial charge on any atom is -0.396 e. The number of rotatable bonds is 5. The highest BCUT2D eigenvalue weighted by molar-refractivity contribution is 5.25. The van der Waals surface area contributed by atoms with Crippen LogP contribution in [0.4, 0.5) is 0 Å². The highest BCUT2D eigenvalue weighted by Crippen LogP contribution is 2.20. The molecule has 1 aliphatic carbocycles. The summed E-state index contributed by atoms with van der Waals surface area (Å²) in [5, 5.41) is 13.1. The standard InChI is InChI=1S/C15H23NO/c1-12-5-4-6-13(9-12)14(11-17)10-16-15-7-2-3-8-15/h4-6,9,14-17H,2-3,7-8,10-11H2,1H3. The van der Waals surface area contributed by atoms with Crippen LogP contribution in [0.5, 0.6) is 0 Å². The Balaban J connectivity index is 1.91. The van der Waals surface area contributed by atoms with Gasteiger partial charge in [0, 0.05) is 18.5 Å². The lowest BCUT2D eigenvalue weighted by molar-refractivity contribution is 0.258. The Kier molecular flexibility index (Phi) is 4.57. The van der Waals surface area contributed by atoms with Crippen molar-refractivity contribution in [3.05, 3.63) is 35.4 Å². The predicted octanol–water partition coefficient (Wildman–Crippen LogP) is 2.60. The van der Waals surface area contributed by atoms with Crippen molar-refractivity contribution in [2.45, 2.75) is 44.6 Å². The van der Waals surface area contributed by atoms with Gasteiger partial charge in [-0.05, 0) is 25.3 Å². The Labute approximate surface area is 104 Å². The molecule has 2 nitrogen and oxygen atoms in total. The maximum Gasteiger partial charge on any atom is 0.0511 e. The predicted molar refractivity (Wildman–Crippen MR) is 71.3 cm³/mol. The lowest BCUT2D eigenvalue weighted by Gasteiger charge is -2.19. The smallest absolute Gasteiger partial charge is 0.0511 e. The zero-order chi connectivity index (χ0) is 12.1. The summed E-state index contributed by atoms with van der Waals surface area (Å²) in [5.41, 5.74) is 2.51. The summed E-state index contributed by atoms with van der Waals surface area (Å²) in [5.74, 6) is 0.232. The average molecular weight is 233 g/mol. The molecule has 0 heterocycles. The molecule has 2 heteroatoms. The SMILES string of the molecule is Cc1cccc(C(CO)CNC2CCCC2)c1. The molecule has 0 amide bonds. The number of aliphatic hydroxyl groups excluding tert-OH is 1. The van der Waals surface area contributed by atoms with Gasteiger partial charge in [0.1, 0.15) is 0 Å². The third-order valence-corrected chi connectivity index (χ3v) is 3.74. The molecule has 1 unspecified atom stereocenters. The number of nitrogens with one attached hydrogen (secondary N) is 1. The van der Waals surface area contributed by atoms with Gasteiger partial charge in [0.25, 0.3) is 0 Å². The second-order valence-corrected chi connectivity index (χ2v) is 5.18. The monoisotopic (exact) mass is 233 g/mol. The molecule has 0 aliphatic heterocycles. The third kappa shape index (κ3) is 3.55. The number of aliphatic hydroxyl groups is 1. The fourth-order valence-electron chi connectivity index (χ4n) is 2.65. The first kappa shape index (κ1) is 12.6. The molecular weight excluding hydrogens is 210 g/mol. The van der Waals surface area contributed by atoms with Crippen LogP contribution in [-0.2, 0) is 0 Å². The zero-order valence-corrected chi connectivity index (χ0v) is 10.7. The molecule has 0 saturated heterocycles. The molecule has 2 N–H and O–H groups in total. The summed E-state index contributed by atoms with van der Waals surface area (Å²) in [4.78, 5) is 0. The van der Waals surface area contributed by atoms with Gasteiger partial charge in [-0.1, -0.05) is 42.7 Å². The topological polar surface area (TPSA) is 32.3 Å². The highest BCUT2D eigenvalue weighted by Gasteiger charge is 2.17. The normalized spacial score (nSPS) is 18.5. The van der Waals surface area contributed by atoms with Gasteiger partial charge < -0.3 is 10.4 Å². The molecule has 1 aromatic rings. The molecular formula is C15H23NO. The third-order valence-electron chi connectivity index (χ3n) is 3.74. The van der Waals surface area contributed by atoms with Crippen LogP contribution >= 0.6 is 0 Å². The number of hydrogen-bond acceptors (Lipinski definition) is 2. The molecule has 1 fully saturated rings. The quantitative estimate of drug-likeness (QED) is 0.819. The van der Waals surface area contributed by atoms with Crippen molar-refractivity contribution >= 4 is 0 Å². The van der Waals surface area contributed by atoms with Gasteiger partial charge in [-0.2, -0.15) is 0 Å². The zero-order valence-electron chi connectivity index (χ0n) is 10.7. The van der Waals surface area contributed by atoms with E-state index in [4.69, 9.17) is 0 Å². The van der Waals surface area contributed by atoms with Gasteiger partial charge in [0.05, 0.1) is 6.61 Å². The molecule has 1 atom stereocenters. The van der Waals surface area contributed by atoms with E-state index in [1.165, 1.54) is 36.8 Å². The molecule has 0 radical (unpaired) electrons. The van der Waals surface area contributed by atoms with E-state index < -0.39 is 0 Å². The van der Waals surface area contributed by atoms with Crippen molar-refractivity contribution in [3.8, 4) is 0 Å². The fourth-order valence-corrected chi connectivity index (χ4v) is 2.65. The summed E-state index contributed by atoms with van der Waals surface area (Å²) < 4.78 is 0. The average Bonchev–Trinajstić information content (AvgIpc) is 2.83. The maximum atomic E-state index is 9.50. The fraction of sp³-hybridized carbons (Fsp3) is 0.600. The molecule has 1 aliphatic rings. The van der Waals surface area contributed by atoms with E-state index in [0.29, 0.717) is 6.04 Å². The second-order valence-electron chi connectivity index (χ2n) is 5.18. The van der Waals surface area contributed by atoms with Crippen LogP contribution in [0.1, 0.15) is 42.7 Å². The first-order valence-electron chi connectivity index (χ1n) is 6.70. The Hall–Kier alpha value is -0.860. The first-order chi connectivity index (χ1) is 8.29. The Morgan fingerprint density at radius 3 is 2.76 bits per heavy atom. The summed E-state index contributed by atoms with van der Waals surface area (Å²) in [6, 6.07) is 9.14. The van der Waals surface area contributed by atoms with E-state index in [-0.39, 0.29) is 12.5 Å². The molecule has 0 aromatic heterocycles. The van der Waals surface area contributed by atoms with Gasteiger partial charge in [-0.25, -0.2) is 0 Å². The lowest BCUT2D eigenvalue weighted by atomic mass is 9.98. The Morgan fingerprint density at radius 2 is 2.12 bits per heavy atom. The first-order valence-corrected chi connectivity index (χ1v) is 6.70. The van der Waals surface area contributed by atoms with Crippen LogP contribution in [-0.4, -0.2) is 24.3 Å². The lowest BCUT2D eigenvalue weighted by Crippen LogP contribution is -2.31. The number of benzene rings is 1. The van der Waals surface area contributed by atoms with Crippen LogP contribution in [0.2, 0.25) is 0 Å². The van der Waals surface area contributed by atoms with Crippen LogP contribution in [0, 0.1) is 6.92 Å². The summed E-state index contributed by atoms with van der Waals surface area (Å²) in [6.45, 7) is 3.22. The maximum absolute atomic E-state index is 9.50. The Morgan fingerprint density at radius 1 is 1.35 bits per heavy atom. The summed E-state index contributed by atoms with van der Waals surface area (Å²) in [6.07, 6.45) is 5.30. The molecule has 94 valence electrons. The van der Waals surface area contributed by atoms with Crippen LogP contribution in [0.15, 0.2) is 24.3 Å². The second kappa shape index (κ2) is 6.18. The van der Waals surface area contributed by atoms with Gasteiger partial charge in [0.15, 0.2) is 0 Å². The number of hydrogen-bond donors (Lipinski definition) is 2. The van der Waals surface area contributed by atoms with Gasteiger partial charge in [-0.3, -0.25) is 0 Å². The van der Waals surface area contributed by atoms with Crippen molar-refractivity contribution in [1.82, 2.24) is 5.32 Å². The largest absolute Gasteiger partial charge is 0.396 e. The van der Waals surface area contributed by atoms with Gasteiger partial charge >= 0.3 is 0 Å². The molecule has 1 aromatic carbocycles. The van der Waals surface area contributed by atoms with Crippen molar-refractivity contribution in [3.63, 3.8) is 0 Å². The van der Waals surface area contributed by atoms with E-state index in [1.807, 2.05) is 0 Å². The highest BCUT2D eigenvalue weighted by atomic mass is 16.3. The van der Waals surface area contributed by atoms with E-state index in [1.54, 1.807) is 0 Å². The number of aryl methyl sites for hydroxylation is 1. The molecule has 0 bridgehead atoms. The molecule has 17 heavy (non-hydrogen) atoms. The Bertz CT molecular complexity index is 345. The van der Waals surface area contributed by atoms with E-state index in [9.17, 15) is 5.11 Å². The van der Waals surface area contributed by atoms with Gasteiger partial charge in [0.2, 0.25) is 0 Å². The van der Waals surface area contributed by atoms with E-state index >= 15 is 0 Å². The van der Waals surface area contributed by atoms with Crippen LogP contribution in [0.3, 0.4) is 0 Å². The summed E-state index contributed by atoms with van der Waals surface area (Å²) >= 11 is 0. The van der Waals surface area contributed by atoms with Crippen LogP contribution < -0.4 is 5.32 Å². The van der Waals surface area contributed by atoms with Crippen LogP contribution in [0.25, 0.3) is 0 Å². The molecule has 1 saturated carbocycles.